The van der Waals surface area contributed by atoms with Crippen LogP contribution in [0.15, 0.2) is 36.5 Å². The Morgan fingerprint density at radius 3 is 2.38 bits per heavy atom. The molecule has 4 nitrogen and oxygen atoms in total. The van der Waals surface area contributed by atoms with Crippen LogP contribution in [0.25, 0.3) is 0 Å². The minimum atomic E-state index is 0.512. The van der Waals surface area contributed by atoms with Crippen molar-refractivity contribution in [3.8, 4) is 11.5 Å². The molecule has 0 aliphatic carbocycles. The third-order valence-corrected chi connectivity index (χ3v) is 2.18. The van der Waals surface area contributed by atoms with E-state index in [-0.39, 0.29) is 0 Å². The van der Waals surface area contributed by atoms with Gasteiger partial charge in [0.2, 0.25) is 0 Å². The van der Waals surface area contributed by atoms with E-state index in [1.54, 1.807) is 24.4 Å². The zero-order chi connectivity index (χ0) is 11.5. The van der Waals surface area contributed by atoms with Gasteiger partial charge in [0.15, 0.2) is 0 Å². The Kier molecular flexibility index (Phi) is 2.64. The number of nitrogens with zero attached hydrogens (tertiary/aromatic N) is 1. The standard InChI is InChI=1S/C12H13N3O/c1-8-2-3-10(7-15-8)16-9-4-5-11(13)12(14)6-9/h2-7H,13-14H2,1H3. The first-order valence-corrected chi connectivity index (χ1v) is 4.90. The predicted molar refractivity (Wildman–Crippen MR) is 64.3 cm³/mol. The van der Waals surface area contributed by atoms with Crippen molar-refractivity contribution >= 4 is 11.4 Å². The predicted octanol–water partition coefficient (Wildman–Crippen LogP) is 2.35. The highest BCUT2D eigenvalue weighted by molar-refractivity contribution is 5.65. The third kappa shape index (κ3) is 2.23. The molecule has 0 spiro atoms. The summed E-state index contributed by atoms with van der Waals surface area (Å²) in [5, 5.41) is 0. The van der Waals surface area contributed by atoms with Crippen LogP contribution in [0.4, 0.5) is 11.4 Å². The van der Waals surface area contributed by atoms with Crippen LogP contribution >= 0.6 is 0 Å². The van der Waals surface area contributed by atoms with Gasteiger partial charge < -0.3 is 16.2 Å². The Morgan fingerprint density at radius 1 is 1.00 bits per heavy atom. The molecule has 0 bridgehead atoms. The number of pyridine rings is 1. The molecule has 0 aliphatic heterocycles. The van der Waals surface area contributed by atoms with Gasteiger partial charge in [-0.3, -0.25) is 4.98 Å². The monoisotopic (exact) mass is 215 g/mol. The fourth-order valence-corrected chi connectivity index (χ4v) is 1.27. The molecular weight excluding hydrogens is 202 g/mol. The van der Waals surface area contributed by atoms with Gasteiger partial charge in [-0.2, -0.15) is 0 Å². The summed E-state index contributed by atoms with van der Waals surface area (Å²) in [5.41, 5.74) is 13.3. The fraction of sp³-hybridized carbons (Fsp3) is 0.0833. The highest BCUT2D eigenvalue weighted by Gasteiger charge is 2.00. The molecule has 0 atom stereocenters. The summed E-state index contributed by atoms with van der Waals surface area (Å²) in [6, 6.07) is 8.91. The van der Waals surface area contributed by atoms with Gasteiger partial charge in [-0.15, -0.1) is 0 Å². The van der Waals surface area contributed by atoms with Crippen molar-refractivity contribution in [3.63, 3.8) is 0 Å². The summed E-state index contributed by atoms with van der Waals surface area (Å²) in [6.07, 6.45) is 1.67. The number of nitrogens with two attached hydrogens (primary N) is 2. The van der Waals surface area contributed by atoms with E-state index in [0.29, 0.717) is 22.9 Å². The van der Waals surface area contributed by atoms with Gasteiger partial charge in [0.1, 0.15) is 11.5 Å². The van der Waals surface area contributed by atoms with Crippen LogP contribution in [0.2, 0.25) is 0 Å². The van der Waals surface area contributed by atoms with Gasteiger partial charge in [0, 0.05) is 11.8 Å². The maximum Gasteiger partial charge on any atom is 0.145 e. The maximum atomic E-state index is 5.68. The molecule has 0 aliphatic rings. The van der Waals surface area contributed by atoms with E-state index >= 15 is 0 Å². The second-order valence-corrected chi connectivity index (χ2v) is 3.53. The van der Waals surface area contributed by atoms with Crippen LogP contribution in [0, 0.1) is 6.92 Å². The quantitative estimate of drug-likeness (QED) is 0.754. The average molecular weight is 215 g/mol. The number of rotatable bonds is 2. The van der Waals surface area contributed by atoms with Crippen LogP contribution in [0.1, 0.15) is 5.69 Å². The number of ether oxygens (including phenoxy) is 1. The molecule has 0 saturated heterocycles. The lowest BCUT2D eigenvalue weighted by atomic mass is 10.2. The van der Waals surface area contributed by atoms with E-state index in [2.05, 4.69) is 4.98 Å². The lowest BCUT2D eigenvalue weighted by Crippen LogP contribution is -1.95. The first-order valence-electron chi connectivity index (χ1n) is 4.90. The van der Waals surface area contributed by atoms with Crippen LogP contribution in [0.5, 0.6) is 11.5 Å². The molecule has 0 fully saturated rings. The zero-order valence-electron chi connectivity index (χ0n) is 8.97. The molecular formula is C12H13N3O. The molecule has 2 aromatic rings. The molecule has 0 radical (unpaired) electrons. The highest BCUT2D eigenvalue weighted by atomic mass is 16.5. The van der Waals surface area contributed by atoms with E-state index in [9.17, 15) is 0 Å². The Bertz CT molecular complexity index is 494. The normalized spacial score (nSPS) is 10.1. The number of anilines is 2. The second-order valence-electron chi connectivity index (χ2n) is 3.53. The van der Waals surface area contributed by atoms with E-state index in [0.717, 1.165) is 5.69 Å². The fourth-order valence-electron chi connectivity index (χ4n) is 1.27. The zero-order valence-corrected chi connectivity index (χ0v) is 8.97. The number of nitrogen functional groups attached to an aromatic ring is 2. The molecule has 4 N–H and O–H groups in total. The molecule has 16 heavy (non-hydrogen) atoms. The molecule has 82 valence electrons. The first-order chi connectivity index (χ1) is 7.65. The summed E-state index contributed by atoms with van der Waals surface area (Å²) >= 11 is 0. The summed E-state index contributed by atoms with van der Waals surface area (Å²) in [5.74, 6) is 1.33. The van der Waals surface area contributed by atoms with Gasteiger partial charge in [-0.1, -0.05) is 0 Å². The molecule has 2 rings (SSSR count). The molecule has 0 saturated carbocycles. The highest BCUT2D eigenvalue weighted by Crippen LogP contribution is 2.25. The van der Waals surface area contributed by atoms with Gasteiger partial charge >= 0.3 is 0 Å². The van der Waals surface area contributed by atoms with Crippen molar-refractivity contribution in [2.24, 2.45) is 0 Å². The van der Waals surface area contributed by atoms with Crippen molar-refractivity contribution in [1.29, 1.82) is 0 Å². The summed E-state index contributed by atoms with van der Waals surface area (Å²) < 4.78 is 5.57. The topological polar surface area (TPSA) is 74.2 Å². The van der Waals surface area contributed by atoms with E-state index < -0.39 is 0 Å². The van der Waals surface area contributed by atoms with E-state index in [4.69, 9.17) is 16.2 Å². The van der Waals surface area contributed by atoms with Crippen molar-refractivity contribution in [1.82, 2.24) is 4.98 Å². The number of benzene rings is 1. The van der Waals surface area contributed by atoms with Gasteiger partial charge in [-0.25, -0.2) is 0 Å². The maximum absolute atomic E-state index is 5.68. The van der Waals surface area contributed by atoms with Crippen LogP contribution in [-0.4, -0.2) is 4.98 Å². The van der Waals surface area contributed by atoms with Crippen molar-refractivity contribution < 1.29 is 4.74 Å². The number of aromatic nitrogens is 1. The second kappa shape index (κ2) is 4.10. The minimum absolute atomic E-state index is 0.512. The Balaban J connectivity index is 2.20. The first kappa shape index (κ1) is 10.3. The van der Waals surface area contributed by atoms with Crippen LogP contribution in [-0.2, 0) is 0 Å². The molecule has 1 heterocycles. The smallest absolute Gasteiger partial charge is 0.145 e. The van der Waals surface area contributed by atoms with Crippen LogP contribution < -0.4 is 16.2 Å². The number of hydrogen-bond acceptors (Lipinski definition) is 4. The van der Waals surface area contributed by atoms with Crippen LogP contribution in [0.3, 0.4) is 0 Å². The molecule has 0 unspecified atom stereocenters. The third-order valence-electron chi connectivity index (χ3n) is 2.18. The summed E-state index contributed by atoms with van der Waals surface area (Å²) in [7, 11) is 0. The Labute approximate surface area is 93.9 Å². The van der Waals surface area contributed by atoms with E-state index in [1.165, 1.54) is 0 Å². The summed E-state index contributed by atoms with van der Waals surface area (Å²) in [4.78, 5) is 4.13. The SMILES string of the molecule is Cc1ccc(Oc2ccc(N)c(N)c2)cn1. The summed E-state index contributed by atoms with van der Waals surface area (Å²) in [6.45, 7) is 1.92. The van der Waals surface area contributed by atoms with Gasteiger partial charge in [-0.05, 0) is 31.2 Å². The molecule has 1 aromatic heterocycles. The van der Waals surface area contributed by atoms with Gasteiger partial charge in [0.25, 0.3) is 0 Å². The van der Waals surface area contributed by atoms with Crippen molar-refractivity contribution in [3.05, 3.63) is 42.2 Å². The number of aryl methyl sites for hydroxylation is 1. The lowest BCUT2D eigenvalue weighted by Gasteiger charge is -2.07. The van der Waals surface area contributed by atoms with Crippen molar-refractivity contribution in [2.75, 3.05) is 11.5 Å². The molecule has 4 heteroatoms. The number of hydrogen-bond donors (Lipinski definition) is 2. The Hall–Kier alpha value is -2.23. The lowest BCUT2D eigenvalue weighted by molar-refractivity contribution is 0.480. The largest absolute Gasteiger partial charge is 0.456 e. The average Bonchev–Trinajstić information content (AvgIpc) is 2.27. The molecule has 1 aromatic carbocycles. The Morgan fingerprint density at radius 2 is 1.75 bits per heavy atom. The molecule has 0 amide bonds. The van der Waals surface area contributed by atoms with E-state index in [1.807, 2.05) is 19.1 Å². The van der Waals surface area contributed by atoms with Gasteiger partial charge in [0.05, 0.1) is 17.6 Å². The van der Waals surface area contributed by atoms with Crippen molar-refractivity contribution in [2.45, 2.75) is 6.92 Å². The minimum Gasteiger partial charge on any atom is -0.456 e.